The van der Waals surface area contributed by atoms with Gasteiger partial charge in [0.05, 0.1) is 12.8 Å². The van der Waals surface area contributed by atoms with Gasteiger partial charge >= 0.3 is 0 Å². The Hall–Kier alpha value is -1.29. The van der Waals surface area contributed by atoms with Gasteiger partial charge in [-0.25, -0.2) is 0 Å². The van der Waals surface area contributed by atoms with Crippen molar-refractivity contribution in [2.75, 3.05) is 27.2 Å². The van der Waals surface area contributed by atoms with Crippen molar-refractivity contribution in [1.29, 1.82) is 0 Å². The topological polar surface area (TPSA) is 40.8 Å². The molecule has 1 N–H and O–H groups in total. The number of furan rings is 1. The van der Waals surface area contributed by atoms with Gasteiger partial charge < -0.3 is 9.73 Å². The van der Waals surface area contributed by atoms with Crippen LogP contribution in [0, 0.1) is 0 Å². The van der Waals surface area contributed by atoms with Crippen LogP contribution >= 0.6 is 0 Å². The highest BCUT2D eigenvalue weighted by molar-refractivity contribution is 5.89. The normalized spacial score (nSPS) is 18.1. The van der Waals surface area contributed by atoms with Crippen molar-refractivity contribution in [2.45, 2.75) is 6.04 Å². The van der Waals surface area contributed by atoms with E-state index in [0.29, 0.717) is 0 Å². The molecule has 1 aromatic heterocycles. The Bertz CT molecular complexity index is 316. The van der Waals surface area contributed by atoms with E-state index in [-0.39, 0.29) is 6.04 Å². The van der Waals surface area contributed by atoms with E-state index in [1.54, 1.807) is 6.26 Å². The lowest BCUT2D eigenvalue weighted by Crippen LogP contribution is -2.34. The molecule has 0 aliphatic carbocycles. The van der Waals surface area contributed by atoms with Gasteiger partial charge in [-0.1, -0.05) is 0 Å². The van der Waals surface area contributed by atoms with E-state index in [1.165, 1.54) is 0 Å². The number of nitrogens with zero attached hydrogens (tertiary/aromatic N) is 2. The Balaban J connectivity index is 2.24. The fourth-order valence-corrected chi connectivity index (χ4v) is 1.68. The van der Waals surface area contributed by atoms with Crippen molar-refractivity contribution >= 4 is 5.84 Å². The van der Waals surface area contributed by atoms with Crippen LogP contribution in [0.15, 0.2) is 27.8 Å². The second kappa shape index (κ2) is 3.84. The van der Waals surface area contributed by atoms with Gasteiger partial charge in [-0.3, -0.25) is 9.89 Å². The van der Waals surface area contributed by atoms with Crippen molar-refractivity contribution in [3.05, 3.63) is 24.2 Å². The van der Waals surface area contributed by atoms with Crippen LogP contribution in [0.2, 0.25) is 0 Å². The summed E-state index contributed by atoms with van der Waals surface area (Å²) in [6, 6.07) is 4.00. The Kier molecular flexibility index (Phi) is 2.54. The summed E-state index contributed by atoms with van der Waals surface area (Å²) in [5.74, 6) is 1.94. The molecule has 1 aliphatic rings. The number of amidine groups is 1. The van der Waals surface area contributed by atoms with Crippen molar-refractivity contribution in [2.24, 2.45) is 4.99 Å². The van der Waals surface area contributed by atoms with Gasteiger partial charge in [0.15, 0.2) is 0 Å². The molecule has 4 heteroatoms. The van der Waals surface area contributed by atoms with E-state index in [4.69, 9.17) is 4.42 Å². The van der Waals surface area contributed by atoms with E-state index in [2.05, 4.69) is 15.2 Å². The lowest BCUT2D eigenvalue weighted by Gasteiger charge is -2.22. The van der Waals surface area contributed by atoms with Crippen molar-refractivity contribution in [3.63, 3.8) is 0 Å². The molecule has 4 nitrogen and oxygen atoms in total. The Morgan fingerprint density at radius 1 is 1.57 bits per heavy atom. The molecule has 14 heavy (non-hydrogen) atoms. The van der Waals surface area contributed by atoms with Gasteiger partial charge in [-0.15, -0.1) is 0 Å². The van der Waals surface area contributed by atoms with Crippen LogP contribution in [0.4, 0.5) is 0 Å². The minimum absolute atomic E-state index is 0.118. The number of rotatable bonds is 3. The molecule has 1 unspecified atom stereocenters. The third-order valence-electron chi connectivity index (χ3n) is 2.29. The van der Waals surface area contributed by atoms with Gasteiger partial charge in [0.1, 0.15) is 17.6 Å². The second-order valence-corrected chi connectivity index (χ2v) is 3.58. The first-order valence-electron chi connectivity index (χ1n) is 4.77. The van der Waals surface area contributed by atoms with Gasteiger partial charge in [0.25, 0.3) is 0 Å². The fraction of sp³-hybridized carbons (Fsp3) is 0.500. The molecule has 2 heterocycles. The zero-order valence-corrected chi connectivity index (χ0v) is 8.53. The highest BCUT2D eigenvalue weighted by Gasteiger charge is 2.24. The highest BCUT2D eigenvalue weighted by Crippen LogP contribution is 2.20. The van der Waals surface area contributed by atoms with Crippen LogP contribution in [0.1, 0.15) is 11.8 Å². The second-order valence-electron chi connectivity index (χ2n) is 3.58. The summed E-state index contributed by atoms with van der Waals surface area (Å²) in [5, 5.41) is 3.27. The maximum Gasteiger partial charge on any atom is 0.128 e. The molecule has 0 radical (unpaired) electrons. The van der Waals surface area contributed by atoms with Crippen molar-refractivity contribution < 1.29 is 4.42 Å². The Labute approximate surface area is 83.6 Å². The summed E-state index contributed by atoms with van der Waals surface area (Å²) in [6.45, 7) is 1.79. The Morgan fingerprint density at radius 3 is 2.93 bits per heavy atom. The van der Waals surface area contributed by atoms with Crippen LogP contribution in [0.25, 0.3) is 0 Å². The van der Waals surface area contributed by atoms with Crippen LogP contribution in [-0.4, -0.2) is 37.9 Å². The van der Waals surface area contributed by atoms with Gasteiger partial charge in [0, 0.05) is 6.54 Å². The monoisotopic (exact) mass is 193 g/mol. The summed E-state index contributed by atoms with van der Waals surface area (Å²) in [4.78, 5) is 6.51. The number of hydrogen-bond acceptors (Lipinski definition) is 4. The minimum Gasteiger partial charge on any atom is -0.467 e. The lowest BCUT2D eigenvalue weighted by molar-refractivity contribution is 0.318. The molecular weight excluding hydrogens is 178 g/mol. The number of hydrogen-bond donors (Lipinski definition) is 1. The van der Waals surface area contributed by atoms with E-state index in [1.807, 2.05) is 26.2 Å². The number of likely N-dealkylation sites (N-methyl/N-ethyl adjacent to an activating group) is 1. The van der Waals surface area contributed by atoms with Crippen LogP contribution in [0.3, 0.4) is 0 Å². The van der Waals surface area contributed by atoms with E-state index in [9.17, 15) is 0 Å². The molecule has 0 aromatic carbocycles. The Morgan fingerprint density at radius 2 is 2.43 bits per heavy atom. The predicted molar refractivity (Wildman–Crippen MR) is 55.4 cm³/mol. The van der Waals surface area contributed by atoms with E-state index in [0.717, 1.165) is 24.7 Å². The molecule has 0 fully saturated rings. The summed E-state index contributed by atoms with van der Waals surface area (Å²) < 4.78 is 5.41. The number of nitrogens with one attached hydrogen (secondary N) is 1. The smallest absolute Gasteiger partial charge is 0.128 e. The highest BCUT2D eigenvalue weighted by atomic mass is 16.3. The lowest BCUT2D eigenvalue weighted by atomic mass is 10.2. The summed E-state index contributed by atoms with van der Waals surface area (Å²) in [7, 11) is 4.05. The quantitative estimate of drug-likeness (QED) is 0.775. The van der Waals surface area contributed by atoms with Crippen LogP contribution < -0.4 is 5.32 Å². The molecule has 1 aromatic rings. The average molecular weight is 193 g/mol. The first-order chi connectivity index (χ1) is 6.79. The maximum absolute atomic E-state index is 5.41. The molecule has 1 aliphatic heterocycles. The third-order valence-corrected chi connectivity index (χ3v) is 2.29. The van der Waals surface area contributed by atoms with Gasteiger partial charge in [0.2, 0.25) is 0 Å². The molecule has 0 saturated heterocycles. The maximum atomic E-state index is 5.41. The average Bonchev–Trinajstić information content (AvgIpc) is 2.75. The third kappa shape index (κ3) is 1.65. The molecule has 76 valence electrons. The predicted octanol–water partition coefficient (Wildman–Crippen LogP) is 0.884. The zero-order chi connectivity index (χ0) is 9.97. The molecule has 0 spiro atoms. The largest absolute Gasteiger partial charge is 0.467 e. The molecule has 0 saturated carbocycles. The van der Waals surface area contributed by atoms with Gasteiger partial charge in [-0.2, -0.15) is 0 Å². The van der Waals surface area contributed by atoms with Crippen LogP contribution in [0.5, 0.6) is 0 Å². The molecule has 0 bridgehead atoms. The standard InChI is InChI=1S/C10H15N3O/c1-13(2)9(8-4-3-7-14-8)10-11-5-6-12-10/h3-4,7,9H,5-6H2,1-2H3,(H,11,12). The SMILES string of the molecule is CN(C)C(C1=NCCN1)c1ccco1. The molecule has 2 rings (SSSR count). The van der Waals surface area contributed by atoms with E-state index >= 15 is 0 Å². The molecule has 0 amide bonds. The molecule has 1 atom stereocenters. The van der Waals surface area contributed by atoms with Gasteiger partial charge in [-0.05, 0) is 26.2 Å². The number of aliphatic imine (C=N–C) groups is 1. The summed E-state index contributed by atoms with van der Waals surface area (Å²) in [5.41, 5.74) is 0. The van der Waals surface area contributed by atoms with Crippen molar-refractivity contribution in [3.8, 4) is 0 Å². The minimum atomic E-state index is 0.118. The van der Waals surface area contributed by atoms with Crippen LogP contribution in [-0.2, 0) is 0 Å². The van der Waals surface area contributed by atoms with Crippen molar-refractivity contribution in [1.82, 2.24) is 10.2 Å². The van der Waals surface area contributed by atoms with E-state index < -0.39 is 0 Å². The fourth-order valence-electron chi connectivity index (χ4n) is 1.68. The first-order valence-corrected chi connectivity index (χ1v) is 4.77. The zero-order valence-electron chi connectivity index (χ0n) is 8.53. The first kappa shape index (κ1) is 9.27. The summed E-state index contributed by atoms with van der Waals surface area (Å²) in [6.07, 6.45) is 1.70. The molecular formula is C10H15N3O. The summed E-state index contributed by atoms with van der Waals surface area (Å²) >= 11 is 0.